The fraction of sp³-hybridized carbons (Fsp3) is 0.174. The molecule has 142 valence electrons. The Morgan fingerprint density at radius 3 is 2.54 bits per heavy atom. The summed E-state index contributed by atoms with van der Waals surface area (Å²) in [5, 5.41) is -0.182. The van der Waals surface area contributed by atoms with Crippen molar-refractivity contribution in [3.63, 3.8) is 0 Å². The highest BCUT2D eigenvalue weighted by Gasteiger charge is 2.38. The van der Waals surface area contributed by atoms with Crippen molar-refractivity contribution in [1.29, 1.82) is 0 Å². The van der Waals surface area contributed by atoms with Gasteiger partial charge in [-0.3, -0.25) is 4.79 Å². The number of benzene rings is 2. The second-order valence-electron chi connectivity index (χ2n) is 7.10. The highest BCUT2D eigenvalue weighted by atomic mass is 35.5. The number of allylic oxidation sites excluding steroid dienone is 4. The van der Waals surface area contributed by atoms with E-state index >= 15 is 4.39 Å². The summed E-state index contributed by atoms with van der Waals surface area (Å²) in [5.41, 5.74) is 7.16. The molecule has 2 N–H and O–H groups in total. The van der Waals surface area contributed by atoms with Crippen LogP contribution in [0.4, 0.5) is 10.1 Å². The standard InChI is InChI=1S/C23H20ClFN2O/c1-27-19-10-6-5-9-17(19)21(26)18(22(27)28)14-23(25)12-11-16(13-20(23)24)15-7-3-2-4-8-15/h2-13,20H,14,26H2,1H3. The lowest BCUT2D eigenvalue weighted by Gasteiger charge is -2.29. The largest absolute Gasteiger partial charge is 0.398 e. The Bertz CT molecular complexity index is 1170. The van der Waals surface area contributed by atoms with Crippen LogP contribution in [-0.2, 0) is 13.5 Å². The highest BCUT2D eigenvalue weighted by molar-refractivity contribution is 6.23. The normalized spacial score (nSPS) is 21.7. The van der Waals surface area contributed by atoms with Crippen LogP contribution in [0.15, 0.2) is 77.6 Å². The van der Waals surface area contributed by atoms with Crippen LogP contribution >= 0.6 is 11.6 Å². The lowest BCUT2D eigenvalue weighted by atomic mass is 9.85. The fourth-order valence-corrected chi connectivity index (χ4v) is 3.96. The van der Waals surface area contributed by atoms with E-state index in [2.05, 4.69) is 0 Å². The van der Waals surface area contributed by atoms with E-state index in [1.807, 2.05) is 54.6 Å². The van der Waals surface area contributed by atoms with E-state index in [0.717, 1.165) is 22.0 Å². The zero-order valence-electron chi connectivity index (χ0n) is 15.4. The van der Waals surface area contributed by atoms with Gasteiger partial charge in [-0.05, 0) is 23.3 Å². The summed E-state index contributed by atoms with van der Waals surface area (Å²) in [6.45, 7) is 0. The average Bonchev–Trinajstić information content (AvgIpc) is 2.72. The van der Waals surface area contributed by atoms with E-state index in [4.69, 9.17) is 17.3 Å². The third-order valence-corrected chi connectivity index (χ3v) is 5.81. The monoisotopic (exact) mass is 394 g/mol. The van der Waals surface area contributed by atoms with Crippen LogP contribution in [0.25, 0.3) is 16.5 Å². The smallest absolute Gasteiger partial charge is 0.256 e. The number of aryl methyl sites for hydroxylation is 1. The molecule has 2 unspecified atom stereocenters. The van der Waals surface area contributed by atoms with Gasteiger partial charge in [-0.15, -0.1) is 11.6 Å². The first-order chi connectivity index (χ1) is 13.4. The SMILES string of the molecule is Cn1c(=O)c(CC2(F)C=CC(c3ccccc3)=CC2Cl)c(N)c2ccccc21. The molecule has 0 amide bonds. The predicted molar refractivity (Wildman–Crippen MR) is 114 cm³/mol. The molecule has 0 radical (unpaired) electrons. The second-order valence-corrected chi connectivity index (χ2v) is 7.57. The number of hydrogen-bond acceptors (Lipinski definition) is 2. The first-order valence-electron chi connectivity index (χ1n) is 9.06. The summed E-state index contributed by atoms with van der Waals surface area (Å²) < 4.78 is 17.3. The van der Waals surface area contributed by atoms with Crippen molar-refractivity contribution in [1.82, 2.24) is 4.57 Å². The fourth-order valence-electron chi connectivity index (χ4n) is 3.68. The van der Waals surface area contributed by atoms with Crippen LogP contribution in [0.2, 0.25) is 0 Å². The van der Waals surface area contributed by atoms with Gasteiger partial charge in [-0.25, -0.2) is 4.39 Å². The molecule has 3 nitrogen and oxygen atoms in total. The van der Waals surface area contributed by atoms with Crippen molar-refractivity contribution in [3.8, 4) is 0 Å². The van der Waals surface area contributed by atoms with Crippen molar-refractivity contribution in [2.75, 3.05) is 5.73 Å². The van der Waals surface area contributed by atoms with Gasteiger partial charge in [0.1, 0.15) is 0 Å². The third kappa shape index (κ3) is 3.04. The molecule has 2 atom stereocenters. The molecule has 2 aromatic carbocycles. The minimum atomic E-state index is -1.90. The van der Waals surface area contributed by atoms with Crippen molar-refractivity contribution < 1.29 is 4.39 Å². The van der Waals surface area contributed by atoms with Crippen LogP contribution in [-0.4, -0.2) is 15.6 Å². The number of fused-ring (bicyclic) bond motifs is 1. The molecule has 1 aromatic heterocycles. The first kappa shape index (κ1) is 18.5. The molecule has 1 aliphatic rings. The number of hydrogen-bond donors (Lipinski definition) is 1. The van der Waals surface area contributed by atoms with Gasteiger partial charge in [-0.2, -0.15) is 0 Å². The number of nitrogens with zero attached hydrogens (tertiary/aromatic N) is 1. The Hall–Kier alpha value is -2.85. The molecule has 0 saturated carbocycles. The summed E-state index contributed by atoms with van der Waals surface area (Å²) in [7, 11) is 1.67. The molecule has 3 aromatic rings. The van der Waals surface area contributed by atoms with Crippen molar-refractivity contribution in [2.45, 2.75) is 17.5 Å². The number of nitrogens with two attached hydrogens (primary N) is 1. The molecule has 0 saturated heterocycles. The second kappa shape index (κ2) is 6.95. The van der Waals surface area contributed by atoms with Crippen LogP contribution in [0, 0.1) is 0 Å². The quantitative estimate of drug-likeness (QED) is 0.658. The first-order valence-corrected chi connectivity index (χ1v) is 9.50. The third-order valence-electron chi connectivity index (χ3n) is 5.32. The number of anilines is 1. The molecular weight excluding hydrogens is 375 g/mol. The van der Waals surface area contributed by atoms with Crippen molar-refractivity contribution in [2.24, 2.45) is 7.05 Å². The van der Waals surface area contributed by atoms with Gasteiger partial charge in [0, 0.05) is 30.1 Å². The summed E-state index contributed by atoms with van der Waals surface area (Å²) in [5.74, 6) is 0. The molecular formula is C23H20ClFN2O. The van der Waals surface area contributed by atoms with Crippen molar-refractivity contribution in [3.05, 3.63) is 94.3 Å². The van der Waals surface area contributed by atoms with E-state index < -0.39 is 11.0 Å². The van der Waals surface area contributed by atoms with E-state index in [1.54, 1.807) is 19.2 Å². The van der Waals surface area contributed by atoms with Crippen molar-refractivity contribution >= 4 is 33.8 Å². The molecule has 4 rings (SSSR count). The Labute approximate surface area is 167 Å². The van der Waals surface area contributed by atoms with Gasteiger partial charge in [0.2, 0.25) is 0 Å². The molecule has 0 fully saturated rings. The van der Waals surface area contributed by atoms with E-state index in [0.29, 0.717) is 5.69 Å². The summed E-state index contributed by atoms with van der Waals surface area (Å²) in [6.07, 6.45) is 4.68. The maximum atomic E-state index is 15.8. The van der Waals surface area contributed by atoms with E-state index in [-0.39, 0.29) is 17.5 Å². The average molecular weight is 395 g/mol. The molecule has 0 bridgehead atoms. The molecule has 0 aliphatic heterocycles. The number of alkyl halides is 2. The summed E-state index contributed by atoms with van der Waals surface area (Å²) in [6, 6.07) is 17.0. The number of para-hydroxylation sites is 1. The zero-order valence-corrected chi connectivity index (χ0v) is 16.2. The zero-order chi connectivity index (χ0) is 19.9. The predicted octanol–water partition coefficient (Wildman–Crippen LogP) is 4.63. The van der Waals surface area contributed by atoms with Gasteiger partial charge in [0.05, 0.1) is 10.9 Å². The maximum absolute atomic E-state index is 15.8. The van der Waals surface area contributed by atoms with E-state index in [1.165, 1.54) is 10.6 Å². The Morgan fingerprint density at radius 1 is 1.14 bits per heavy atom. The van der Waals surface area contributed by atoms with Gasteiger partial charge in [0.15, 0.2) is 5.67 Å². The molecule has 28 heavy (non-hydrogen) atoms. The van der Waals surface area contributed by atoms with Gasteiger partial charge in [0.25, 0.3) is 5.56 Å². The highest BCUT2D eigenvalue weighted by Crippen LogP contribution is 2.37. The number of aromatic nitrogens is 1. The number of pyridine rings is 1. The van der Waals surface area contributed by atoms with Gasteiger partial charge < -0.3 is 10.3 Å². The van der Waals surface area contributed by atoms with Gasteiger partial charge >= 0.3 is 0 Å². The topological polar surface area (TPSA) is 48.0 Å². The minimum Gasteiger partial charge on any atom is -0.398 e. The number of nitrogen functional groups attached to an aromatic ring is 1. The van der Waals surface area contributed by atoms with Crippen LogP contribution in [0.5, 0.6) is 0 Å². The Kier molecular flexibility index (Phi) is 4.60. The lowest BCUT2D eigenvalue weighted by Crippen LogP contribution is -2.38. The molecule has 0 spiro atoms. The lowest BCUT2D eigenvalue weighted by molar-refractivity contribution is 0.235. The minimum absolute atomic E-state index is 0.181. The van der Waals surface area contributed by atoms with Crippen LogP contribution in [0.1, 0.15) is 11.1 Å². The summed E-state index contributed by atoms with van der Waals surface area (Å²) in [4.78, 5) is 12.8. The molecule has 1 heterocycles. The molecule has 1 aliphatic carbocycles. The summed E-state index contributed by atoms with van der Waals surface area (Å²) >= 11 is 6.43. The van der Waals surface area contributed by atoms with E-state index in [9.17, 15) is 4.79 Å². The Balaban J connectivity index is 1.73. The number of halogens is 2. The van der Waals surface area contributed by atoms with Gasteiger partial charge in [-0.1, -0.05) is 60.7 Å². The number of rotatable bonds is 3. The van der Waals surface area contributed by atoms with Crippen LogP contribution in [0.3, 0.4) is 0 Å². The molecule has 5 heteroatoms. The maximum Gasteiger partial charge on any atom is 0.256 e. The Morgan fingerprint density at radius 2 is 1.82 bits per heavy atom. The van der Waals surface area contributed by atoms with Crippen LogP contribution < -0.4 is 11.3 Å².